The SMILES string of the molecule is CCOc1ccc(CNC(=NC)NCC(C)(C)OC)cc1OC. The zero-order chi connectivity index (χ0) is 17.3. The molecule has 0 unspecified atom stereocenters. The van der Waals surface area contributed by atoms with Gasteiger partial charge in [-0.3, -0.25) is 4.99 Å². The number of aliphatic imine (C=N–C) groups is 1. The van der Waals surface area contributed by atoms with E-state index in [9.17, 15) is 0 Å². The van der Waals surface area contributed by atoms with Crippen LogP contribution in [0, 0.1) is 0 Å². The second-order valence-electron chi connectivity index (χ2n) is 5.66. The molecular weight excluding hydrogens is 294 g/mol. The third kappa shape index (κ3) is 6.36. The second-order valence-corrected chi connectivity index (χ2v) is 5.66. The highest BCUT2D eigenvalue weighted by molar-refractivity contribution is 5.79. The molecule has 0 fully saturated rings. The molecule has 0 heterocycles. The lowest BCUT2D eigenvalue weighted by atomic mass is 10.1. The Morgan fingerprint density at radius 2 is 1.91 bits per heavy atom. The molecule has 6 heteroatoms. The number of guanidine groups is 1. The Morgan fingerprint density at radius 1 is 1.17 bits per heavy atom. The molecule has 0 bridgehead atoms. The van der Waals surface area contributed by atoms with Gasteiger partial charge in [0.1, 0.15) is 0 Å². The van der Waals surface area contributed by atoms with Crippen molar-refractivity contribution in [1.29, 1.82) is 0 Å². The van der Waals surface area contributed by atoms with E-state index in [-0.39, 0.29) is 5.60 Å². The highest BCUT2D eigenvalue weighted by atomic mass is 16.5. The van der Waals surface area contributed by atoms with E-state index in [1.807, 2.05) is 39.0 Å². The Kier molecular flexibility index (Phi) is 7.68. The van der Waals surface area contributed by atoms with Crippen LogP contribution in [-0.2, 0) is 11.3 Å². The van der Waals surface area contributed by atoms with Crippen molar-refractivity contribution in [3.63, 3.8) is 0 Å². The lowest BCUT2D eigenvalue weighted by Gasteiger charge is -2.24. The summed E-state index contributed by atoms with van der Waals surface area (Å²) in [6, 6.07) is 5.89. The van der Waals surface area contributed by atoms with Crippen LogP contribution in [0.25, 0.3) is 0 Å². The topological polar surface area (TPSA) is 64.1 Å². The first-order valence-electron chi connectivity index (χ1n) is 7.75. The molecule has 0 saturated carbocycles. The summed E-state index contributed by atoms with van der Waals surface area (Å²) in [5, 5.41) is 6.52. The van der Waals surface area contributed by atoms with Crippen LogP contribution in [-0.4, -0.2) is 46.0 Å². The van der Waals surface area contributed by atoms with Crippen LogP contribution >= 0.6 is 0 Å². The van der Waals surface area contributed by atoms with Crippen LogP contribution in [0.15, 0.2) is 23.2 Å². The largest absolute Gasteiger partial charge is 0.493 e. The summed E-state index contributed by atoms with van der Waals surface area (Å²) in [6.45, 7) is 7.90. The Bertz CT molecular complexity index is 516. The average molecular weight is 323 g/mol. The number of benzene rings is 1. The minimum atomic E-state index is -0.250. The van der Waals surface area contributed by atoms with Crippen LogP contribution in [0.4, 0.5) is 0 Å². The van der Waals surface area contributed by atoms with Crippen molar-refractivity contribution < 1.29 is 14.2 Å². The van der Waals surface area contributed by atoms with Crippen molar-refractivity contribution in [2.75, 3.05) is 34.4 Å². The van der Waals surface area contributed by atoms with Gasteiger partial charge in [-0.05, 0) is 38.5 Å². The Hall–Kier alpha value is -1.95. The molecule has 2 N–H and O–H groups in total. The van der Waals surface area contributed by atoms with Crippen LogP contribution in [0.2, 0.25) is 0 Å². The molecule has 1 aromatic carbocycles. The van der Waals surface area contributed by atoms with Gasteiger partial charge in [0.25, 0.3) is 0 Å². The van der Waals surface area contributed by atoms with E-state index < -0.39 is 0 Å². The van der Waals surface area contributed by atoms with Gasteiger partial charge in [0.15, 0.2) is 17.5 Å². The first-order valence-corrected chi connectivity index (χ1v) is 7.75. The Balaban J connectivity index is 2.62. The summed E-state index contributed by atoms with van der Waals surface area (Å²) < 4.78 is 16.3. The van der Waals surface area contributed by atoms with Crippen LogP contribution in [0.1, 0.15) is 26.3 Å². The summed E-state index contributed by atoms with van der Waals surface area (Å²) in [7, 11) is 5.08. The number of ether oxygens (including phenoxy) is 3. The summed E-state index contributed by atoms with van der Waals surface area (Å²) in [6.07, 6.45) is 0. The first-order chi connectivity index (χ1) is 11.0. The monoisotopic (exact) mass is 323 g/mol. The summed E-state index contributed by atoms with van der Waals surface area (Å²) in [5.41, 5.74) is 0.833. The molecule has 0 radical (unpaired) electrons. The summed E-state index contributed by atoms with van der Waals surface area (Å²) in [5.74, 6) is 2.21. The molecule has 1 rings (SSSR count). The van der Waals surface area contributed by atoms with Gasteiger partial charge in [-0.2, -0.15) is 0 Å². The van der Waals surface area contributed by atoms with Crippen molar-refractivity contribution in [2.24, 2.45) is 4.99 Å². The molecule has 0 aliphatic heterocycles. The van der Waals surface area contributed by atoms with Gasteiger partial charge >= 0.3 is 0 Å². The standard InChI is InChI=1S/C17H29N3O3/c1-7-23-14-9-8-13(10-15(14)21-5)11-19-16(18-4)20-12-17(2,3)22-6/h8-10H,7,11-12H2,1-6H3,(H2,18,19,20). The first kappa shape index (κ1) is 19.1. The molecule has 0 spiro atoms. The highest BCUT2D eigenvalue weighted by Crippen LogP contribution is 2.27. The van der Waals surface area contributed by atoms with Gasteiger partial charge in [0.2, 0.25) is 0 Å². The van der Waals surface area contributed by atoms with Gasteiger partial charge in [0.05, 0.1) is 19.3 Å². The maximum absolute atomic E-state index is 5.52. The number of hydrogen-bond acceptors (Lipinski definition) is 4. The predicted octanol–water partition coefficient (Wildman–Crippen LogP) is 2.18. The molecule has 23 heavy (non-hydrogen) atoms. The minimum absolute atomic E-state index is 0.250. The second kappa shape index (κ2) is 9.25. The van der Waals surface area contributed by atoms with Gasteiger partial charge < -0.3 is 24.8 Å². The third-order valence-electron chi connectivity index (χ3n) is 3.45. The number of nitrogens with one attached hydrogen (secondary N) is 2. The molecule has 1 aromatic rings. The summed E-state index contributed by atoms with van der Waals surface area (Å²) in [4.78, 5) is 4.21. The van der Waals surface area contributed by atoms with E-state index in [1.54, 1.807) is 21.3 Å². The fraction of sp³-hybridized carbons (Fsp3) is 0.588. The highest BCUT2D eigenvalue weighted by Gasteiger charge is 2.16. The van der Waals surface area contributed by atoms with E-state index in [2.05, 4.69) is 15.6 Å². The zero-order valence-electron chi connectivity index (χ0n) is 15.0. The number of hydrogen-bond donors (Lipinski definition) is 2. The van der Waals surface area contributed by atoms with Gasteiger partial charge in [0, 0.05) is 27.2 Å². The minimum Gasteiger partial charge on any atom is -0.493 e. The fourth-order valence-electron chi connectivity index (χ4n) is 1.87. The smallest absolute Gasteiger partial charge is 0.191 e. The van der Waals surface area contributed by atoms with Crippen molar-refractivity contribution in [3.8, 4) is 11.5 Å². The molecule has 0 aromatic heterocycles. The van der Waals surface area contributed by atoms with E-state index >= 15 is 0 Å². The molecule has 6 nitrogen and oxygen atoms in total. The Labute approximate surface area is 139 Å². The van der Waals surface area contributed by atoms with Gasteiger partial charge in [-0.25, -0.2) is 0 Å². The van der Waals surface area contributed by atoms with Crippen LogP contribution in [0.3, 0.4) is 0 Å². The molecule has 0 aliphatic rings. The van der Waals surface area contributed by atoms with Crippen molar-refractivity contribution >= 4 is 5.96 Å². The Morgan fingerprint density at radius 3 is 2.48 bits per heavy atom. The van der Waals surface area contributed by atoms with E-state index in [0.29, 0.717) is 19.7 Å². The maximum atomic E-state index is 5.52. The van der Waals surface area contributed by atoms with Crippen molar-refractivity contribution in [3.05, 3.63) is 23.8 Å². The quantitative estimate of drug-likeness (QED) is 0.567. The maximum Gasteiger partial charge on any atom is 0.191 e. The number of methoxy groups -OCH3 is 2. The molecular formula is C17H29N3O3. The van der Waals surface area contributed by atoms with E-state index in [0.717, 1.165) is 23.0 Å². The zero-order valence-corrected chi connectivity index (χ0v) is 15.0. The van der Waals surface area contributed by atoms with Gasteiger partial charge in [-0.1, -0.05) is 6.07 Å². The van der Waals surface area contributed by atoms with Crippen molar-refractivity contribution in [2.45, 2.75) is 32.9 Å². The number of rotatable bonds is 8. The summed E-state index contributed by atoms with van der Waals surface area (Å²) >= 11 is 0. The lowest BCUT2D eigenvalue weighted by molar-refractivity contribution is 0.0268. The van der Waals surface area contributed by atoms with Gasteiger partial charge in [-0.15, -0.1) is 0 Å². The molecule has 0 amide bonds. The fourth-order valence-corrected chi connectivity index (χ4v) is 1.87. The molecule has 0 saturated heterocycles. The molecule has 0 atom stereocenters. The number of nitrogens with zero attached hydrogens (tertiary/aromatic N) is 1. The van der Waals surface area contributed by atoms with Crippen LogP contribution < -0.4 is 20.1 Å². The lowest BCUT2D eigenvalue weighted by Crippen LogP contribution is -2.45. The molecule has 130 valence electrons. The predicted molar refractivity (Wildman–Crippen MR) is 93.5 cm³/mol. The molecule has 0 aliphatic carbocycles. The van der Waals surface area contributed by atoms with E-state index in [1.165, 1.54) is 0 Å². The van der Waals surface area contributed by atoms with Crippen LogP contribution in [0.5, 0.6) is 11.5 Å². The third-order valence-corrected chi connectivity index (χ3v) is 3.45. The average Bonchev–Trinajstić information content (AvgIpc) is 2.56. The van der Waals surface area contributed by atoms with E-state index in [4.69, 9.17) is 14.2 Å². The normalized spacial score (nSPS) is 12.0. The van der Waals surface area contributed by atoms with Crippen molar-refractivity contribution in [1.82, 2.24) is 10.6 Å².